The number of hydrogen-bond donors (Lipinski definition) is 2. The Hall–Kier alpha value is -1.73. The summed E-state index contributed by atoms with van der Waals surface area (Å²) in [4.78, 5) is 0. The van der Waals surface area contributed by atoms with Gasteiger partial charge in [0.05, 0.1) is 15.3 Å². The Morgan fingerprint density at radius 2 is 2.00 bits per heavy atom. The second kappa shape index (κ2) is 2.64. The molecule has 2 rings (SSSR count). The molecule has 3 nitrogen and oxygen atoms in total. The van der Waals surface area contributed by atoms with Gasteiger partial charge in [0, 0.05) is 5.69 Å². The number of nitrogens with zero attached hydrogens (tertiary/aromatic N) is 1. The van der Waals surface area contributed by atoms with Gasteiger partial charge < -0.3 is 11.5 Å². The average Bonchev–Trinajstić information content (AvgIpc) is 2.43. The topological polar surface area (TPSA) is 75.8 Å². The highest BCUT2D eigenvalue weighted by atomic mass is 32.1. The SMILES string of the molecule is N#Cc1cc(N)cc2cc(N)sc12. The van der Waals surface area contributed by atoms with Crippen LogP contribution in [0.3, 0.4) is 0 Å². The third kappa shape index (κ3) is 1.19. The van der Waals surface area contributed by atoms with E-state index in [1.807, 2.05) is 12.1 Å². The van der Waals surface area contributed by atoms with Gasteiger partial charge in [0.1, 0.15) is 6.07 Å². The molecule has 0 spiro atoms. The second-order valence-corrected chi connectivity index (χ2v) is 3.83. The molecule has 0 aliphatic rings. The van der Waals surface area contributed by atoms with Crippen LogP contribution in [0.5, 0.6) is 0 Å². The maximum absolute atomic E-state index is 8.83. The standard InChI is InChI=1S/C9H7N3S/c10-4-6-2-7(11)1-5-3-8(12)13-9(5)6/h1-3H,11-12H2. The molecule has 0 saturated heterocycles. The molecule has 1 aromatic heterocycles. The first-order chi connectivity index (χ1) is 6.20. The molecule has 0 atom stereocenters. The molecule has 1 aromatic carbocycles. The predicted molar refractivity (Wildman–Crippen MR) is 55.4 cm³/mol. The van der Waals surface area contributed by atoms with Crippen LogP contribution in [0.1, 0.15) is 5.56 Å². The normalized spacial score (nSPS) is 10.1. The lowest BCUT2D eigenvalue weighted by Crippen LogP contribution is -1.85. The van der Waals surface area contributed by atoms with Crippen LogP contribution >= 0.6 is 11.3 Å². The van der Waals surface area contributed by atoms with Crippen LogP contribution in [0, 0.1) is 11.3 Å². The van der Waals surface area contributed by atoms with Crippen molar-refractivity contribution in [2.45, 2.75) is 0 Å². The highest BCUT2D eigenvalue weighted by Gasteiger charge is 2.05. The first-order valence-electron chi connectivity index (χ1n) is 3.69. The zero-order valence-electron chi connectivity index (χ0n) is 6.74. The molecule has 0 unspecified atom stereocenters. The van der Waals surface area contributed by atoms with E-state index in [1.54, 1.807) is 6.07 Å². The number of nitrogen functional groups attached to an aromatic ring is 2. The Balaban J connectivity index is 2.90. The lowest BCUT2D eigenvalue weighted by Gasteiger charge is -1.95. The monoisotopic (exact) mass is 189 g/mol. The zero-order valence-corrected chi connectivity index (χ0v) is 7.56. The van der Waals surface area contributed by atoms with Crippen LogP contribution in [0.4, 0.5) is 10.7 Å². The van der Waals surface area contributed by atoms with Gasteiger partial charge in [0.2, 0.25) is 0 Å². The third-order valence-corrected chi connectivity index (χ3v) is 2.79. The van der Waals surface area contributed by atoms with Crippen LogP contribution in [0.2, 0.25) is 0 Å². The molecular formula is C9H7N3S. The van der Waals surface area contributed by atoms with Gasteiger partial charge in [0.15, 0.2) is 0 Å². The Morgan fingerprint density at radius 3 is 2.69 bits per heavy atom. The molecular weight excluding hydrogens is 182 g/mol. The van der Waals surface area contributed by atoms with Gasteiger partial charge in [0.25, 0.3) is 0 Å². The highest BCUT2D eigenvalue weighted by Crippen LogP contribution is 2.31. The summed E-state index contributed by atoms with van der Waals surface area (Å²) in [6, 6.07) is 7.42. The number of rotatable bonds is 0. The van der Waals surface area contributed by atoms with Crippen molar-refractivity contribution in [3.63, 3.8) is 0 Å². The van der Waals surface area contributed by atoms with Crippen molar-refractivity contribution in [2.75, 3.05) is 11.5 Å². The zero-order chi connectivity index (χ0) is 9.42. The van der Waals surface area contributed by atoms with Gasteiger partial charge >= 0.3 is 0 Å². The van der Waals surface area contributed by atoms with Crippen LogP contribution in [0.25, 0.3) is 10.1 Å². The molecule has 0 bridgehead atoms. The van der Waals surface area contributed by atoms with E-state index in [1.165, 1.54) is 11.3 Å². The summed E-state index contributed by atoms with van der Waals surface area (Å²) in [6.07, 6.45) is 0. The van der Waals surface area contributed by atoms with E-state index < -0.39 is 0 Å². The number of fused-ring (bicyclic) bond motifs is 1. The minimum Gasteiger partial charge on any atom is -0.399 e. The van der Waals surface area contributed by atoms with Gasteiger partial charge in [-0.15, -0.1) is 11.3 Å². The van der Waals surface area contributed by atoms with E-state index in [0.717, 1.165) is 10.1 Å². The summed E-state index contributed by atoms with van der Waals surface area (Å²) < 4.78 is 0.911. The maximum Gasteiger partial charge on any atom is 0.101 e. The van der Waals surface area contributed by atoms with Crippen molar-refractivity contribution in [3.05, 3.63) is 23.8 Å². The van der Waals surface area contributed by atoms with E-state index >= 15 is 0 Å². The Kier molecular flexibility index (Phi) is 1.61. The summed E-state index contributed by atoms with van der Waals surface area (Å²) in [5.41, 5.74) is 12.4. The van der Waals surface area contributed by atoms with Crippen molar-refractivity contribution < 1.29 is 0 Å². The van der Waals surface area contributed by atoms with Gasteiger partial charge in [-0.3, -0.25) is 0 Å². The second-order valence-electron chi connectivity index (χ2n) is 2.75. The molecule has 0 aliphatic heterocycles. The summed E-state index contributed by atoms with van der Waals surface area (Å²) in [5.74, 6) is 0. The fourth-order valence-electron chi connectivity index (χ4n) is 1.28. The number of hydrogen-bond acceptors (Lipinski definition) is 4. The molecule has 13 heavy (non-hydrogen) atoms. The van der Waals surface area contributed by atoms with E-state index in [-0.39, 0.29) is 0 Å². The molecule has 4 heteroatoms. The minimum atomic E-state index is 0.594. The van der Waals surface area contributed by atoms with E-state index in [0.29, 0.717) is 16.3 Å². The fraction of sp³-hybridized carbons (Fsp3) is 0. The first kappa shape index (κ1) is 7.90. The molecule has 0 amide bonds. The number of nitrogens with two attached hydrogens (primary N) is 2. The minimum absolute atomic E-state index is 0.594. The smallest absolute Gasteiger partial charge is 0.101 e. The van der Waals surface area contributed by atoms with Crippen molar-refractivity contribution >= 4 is 32.1 Å². The highest BCUT2D eigenvalue weighted by molar-refractivity contribution is 7.22. The van der Waals surface area contributed by atoms with Crippen LogP contribution in [-0.4, -0.2) is 0 Å². The van der Waals surface area contributed by atoms with Crippen LogP contribution in [0.15, 0.2) is 18.2 Å². The molecule has 0 radical (unpaired) electrons. The van der Waals surface area contributed by atoms with Crippen molar-refractivity contribution in [2.24, 2.45) is 0 Å². The lowest BCUT2D eigenvalue weighted by molar-refractivity contribution is 1.51. The molecule has 64 valence electrons. The molecule has 0 fully saturated rings. The summed E-state index contributed by atoms with van der Waals surface area (Å²) in [7, 11) is 0. The summed E-state index contributed by atoms with van der Waals surface area (Å²) in [5, 5.41) is 10.5. The van der Waals surface area contributed by atoms with E-state index in [2.05, 4.69) is 6.07 Å². The maximum atomic E-state index is 8.83. The largest absolute Gasteiger partial charge is 0.399 e. The third-order valence-electron chi connectivity index (χ3n) is 1.78. The Morgan fingerprint density at radius 1 is 1.23 bits per heavy atom. The number of benzene rings is 1. The summed E-state index contributed by atoms with van der Waals surface area (Å²) in [6.45, 7) is 0. The Bertz CT molecular complexity index is 507. The van der Waals surface area contributed by atoms with E-state index in [9.17, 15) is 0 Å². The van der Waals surface area contributed by atoms with Gasteiger partial charge in [-0.2, -0.15) is 5.26 Å². The van der Waals surface area contributed by atoms with Gasteiger partial charge in [-0.1, -0.05) is 0 Å². The predicted octanol–water partition coefficient (Wildman–Crippen LogP) is 1.94. The number of anilines is 2. The van der Waals surface area contributed by atoms with Crippen molar-refractivity contribution in [1.29, 1.82) is 5.26 Å². The molecule has 1 heterocycles. The van der Waals surface area contributed by atoms with E-state index in [4.69, 9.17) is 16.7 Å². The fourth-order valence-corrected chi connectivity index (χ4v) is 2.15. The van der Waals surface area contributed by atoms with Crippen LogP contribution < -0.4 is 11.5 Å². The molecule has 0 saturated carbocycles. The van der Waals surface area contributed by atoms with Crippen molar-refractivity contribution in [3.8, 4) is 6.07 Å². The van der Waals surface area contributed by atoms with Gasteiger partial charge in [-0.25, -0.2) is 0 Å². The lowest BCUT2D eigenvalue weighted by atomic mass is 10.1. The number of thiophene rings is 1. The average molecular weight is 189 g/mol. The first-order valence-corrected chi connectivity index (χ1v) is 4.51. The molecule has 4 N–H and O–H groups in total. The van der Waals surface area contributed by atoms with Crippen LogP contribution in [-0.2, 0) is 0 Å². The molecule has 0 aliphatic carbocycles. The summed E-state index contributed by atoms with van der Waals surface area (Å²) >= 11 is 1.41. The quantitative estimate of drug-likeness (QED) is 0.622. The molecule has 2 aromatic rings. The van der Waals surface area contributed by atoms with Crippen molar-refractivity contribution in [1.82, 2.24) is 0 Å². The van der Waals surface area contributed by atoms with Gasteiger partial charge in [-0.05, 0) is 23.6 Å². The number of nitriles is 1. The Labute approximate surface area is 79.2 Å².